The van der Waals surface area contributed by atoms with E-state index in [2.05, 4.69) is 25.7 Å². The number of nitrogens with zero attached hydrogens (tertiary/aromatic N) is 1. The van der Waals surface area contributed by atoms with E-state index in [1.807, 2.05) is 0 Å². The Morgan fingerprint density at radius 3 is 2.50 bits per heavy atom. The highest BCUT2D eigenvalue weighted by molar-refractivity contribution is 9.10. The molecule has 0 fully saturated rings. The second-order valence-electron chi connectivity index (χ2n) is 4.90. The largest absolute Gasteiger partial charge is 0.466 e. The Morgan fingerprint density at radius 1 is 1.21 bits per heavy atom. The van der Waals surface area contributed by atoms with E-state index in [9.17, 15) is 19.2 Å². The van der Waals surface area contributed by atoms with Gasteiger partial charge in [-0.15, -0.1) is 0 Å². The predicted molar refractivity (Wildman–Crippen MR) is 87.3 cm³/mol. The molecule has 0 aliphatic rings. The highest BCUT2D eigenvalue weighted by Gasteiger charge is 2.29. The average Bonchev–Trinajstić information content (AvgIpc) is 2.53. The third kappa shape index (κ3) is 6.57. The molecule has 0 aliphatic carbocycles. The lowest BCUT2D eigenvalue weighted by Gasteiger charge is -2.14. The highest BCUT2D eigenvalue weighted by Crippen LogP contribution is 2.19. The van der Waals surface area contributed by atoms with E-state index in [-0.39, 0.29) is 25.0 Å². The number of esters is 2. The van der Waals surface area contributed by atoms with Gasteiger partial charge in [0, 0.05) is 35.8 Å². The summed E-state index contributed by atoms with van der Waals surface area (Å²) in [7, 11) is 0. The van der Waals surface area contributed by atoms with Crippen molar-refractivity contribution in [3.63, 3.8) is 0 Å². The van der Waals surface area contributed by atoms with Gasteiger partial charge in [0.15, 0.2) is 18.2 Å². The third-order valence-electron chi connectivity index (χ3n) is 3.05. The standard InChI is InChI=1S/C16H18BrNO6/c1-3-23-15(21)5-4-13(14(20)9-24-10(2)19)16(22)11-6-12(17)8-18-7-11/h6-8,13H,3-5,9H2,1-2H3. The molecule has 8 heteroatoms. The van der Waals surface area contributed by atoms with Crippen molar-refractivity contribution in [3.8, 4) is 0 Å². The normalized spacial score (nSPS) is 11.5. The zero-order valence-electron chi connectivity index (χ0n) is 13.4. The maximum absolute atomic E-state index is 12.6. The monoisotopic (exact) mass is 399 g/mol. The zero-order chi connectivity index (χ0) is 18.1. The maximum Gasteiger partial charge on any atom is 0.305 e. The molecule has 1 unspecified atom stereocenters. The van der Waals surface area contributed by atoms with Gasteiger partial charge >= 0.3 is 11.9 Å². The first-order chi connectivity index (χ1) is 11.3. The van der Waals surface area contributed by atoms with Gasteiger partial charge in [0.25, 0.3) is 0 Å². The molecule has 0 saturated carbocycles. The van der Waals surface area contributed by atoms with Crippen LogP contribution in [0.5, 0.6) is 0 Å². The number of Topliss-reactive ketones (excluding diaryl/α,β-unsaturated/α-hetero) is 2. The lowest BCUT2D eigenvalue weighted by molar-refractivity contribution is -0.147. The van der Waals surface area contributed by atoms with Crippen LogP contribution in [-0.4, -0.2) is 41.7 Å². The molecule has 0 bridgehead atoms. The molecule has 0 N–H and O–H groups in total. The summed E-state index contributed by atoms with van der Waals surface area (Å²) in [4.78, 5) is 51.1. The summed E-state index contributed by atoms with van der Waals surface area (Å²) in [6, 6.07) is 1.53. The molecule has 1 aromatic rings. The molecule has 130 valence electrons. The Hall–Kier alpha value is -2.09. The molecule has 0 aliphatic heterocycles. The minimum absolute atomic E-state index is 0.0235. The van der Waals surface area contributed by atoms with Gasteiger partial charge in [0.05, 0.1) is 12.5 Å². The van der Waals surface area contributed by atoms with Crippen molar-refractivity contribution in [2.24, 2.45) is 5.92 Å². The fraction of sp³-hybridized carbons (Fsp3) is 0.438. The number of halogens is 1. The Bertz CT molecular complexity index is 631. The number of hydrogen-bond donors (Lipinski definition) is 0. The average molecular weight is 400 g/mol. The van der Waals surface area contributed by atoms with E-state index >= 15 is 0 Å². The summed E-state index contributed by atoms with van der Waals surface area (Å²) >= 11 is 3.21. The predicted octanol–water partition coefficient (Wildman–Crippen LogP) is 2.12. The van der Waals surface area contributed by atoms with Gasteiger partial charge in [-0.1, -0.05) is 0 Å². The first-order valence-corrected chi connectivity index (χ1v) is 8.10. The number of aromatic nitrogens is 1. The van der Waals surface area contributed by atoms with Crippen LogP contribution >= 0.6 is 15.9 Å². The molecule has 1 atom stereocenters. The lowest BCUT2D eigenvalue weighted by Crippen LogP contribution is -2.29. The van der Waals surface area contributed by atoms with Crippen LogP contribution in [0.3, 0.4) is 0 Å². The van der Waals surface area contributed by atoms with Crippen molar-refractivity contribution in [3.05, 3.63) is 28.5 Å². The van der Waals surface area contributed by atoms with Crippen LogP contribution in [0.4, 0.5) is 0 Å². The van der Waals surface area contributed by atoms with Crippen LogP contribution < -0.4 is 0 Å². The minimum Gasteiger partial charge on any atom is -0.466 e. The third-order valence-corrected chi connectivity index (χ3v) is 3.49. The summed E-state index contributed by atoms with van der Waals surface area (Å²) in [5.41, 5.74) is 0.231. The molecular formula is C16H18BrNO6. The van der Waals surface area contributed by atoms with E-state index in [0.717, 1.165) is 0 Å². The smallest absolute Gasteiger partial charge is 0.305 e. The van der Waals surface area contributed by atoms with Gasteiger partial charge in [-0.05, 0) is 35.3 Å². The van der Waals surface area contributed by atoms with Crippen molar-refractivity contribution in [1.82, 2.24) is 4.98 Å². The van der Waals surface area contributed by atoms with Crippen LogP contribution in [0, 0.1) is 5.92 Å². The van der Waals surface area contributed by atoms with Crippen LogP contribution in [0.1, 0.15) is 37.0 Å². The summed E-state index contributed by atoms with van der Waals surface area (Å²) in [6.07, 6.45) is 2.73. The second-order valence-corrected chi connectivity index (χ2v) is 5.81. The number of ketones is 2. The molecule has 1 aromatic heterocycles. The van der Waals surface area contributed by atoms with Gasteiger partial charge in [0.1, 0.15) is 0 Å². The van der Waals surface area contributed by atoms with Crippen molar-refractivity contribution in [2.75, 3.05) is 13.2 Å². The van der Waals surface area contributed by atoms with E-state index in [1.54, 1.807) is 6.92 Å². The molecule has 7 nitrogen and oxygen atoms in total. The molecule has 1 rings (SSSR count). The van der Waals surface area contributed by atoms with E-state index < -0.39 is 36.0 Å². The molecule has 0 aromatic carbocycles. The maximum atomic E-state index is 12.6. The number of pyridine rings is 1. The van der Waals surface area contributed by atoms with Gasteiger partial charge < -0.3 is 9.47 Å². The van der Waals surface area contributed by atoms with Crippen LogP contribution in [0.15, 0.2) is 22.9 Å². The highest BCUT2D eigenvalue weighted by atomic mass is 79.9. The topological polar surface area (TPSA) is 99.6 Å². The van der Waals surface area contributed by atoms with E-state index in [1.165, 1.54) is 25.4 Å². The van der Waals surface area contributed by atoms with Gasteiger partial charge in [-0.3, -0.25) is 24.2 Å². The molecule has 0 radical (unpaired) electrons. The number of hydrogen-bond acceptors (Lipinski definition) is 7. The molecule has 1 heterocycles. The van der Waals surface area contributed by atoms with Gasteiger partial charge in [-0.25, -0.2) is 0 Å². The van der Waals surface area contributed by atoms with Crippen molar-refractivity contribution in [1.29, 1.82) is 0 Å². The van der Waals surface area contributed by atoms with Crippen molar-refractivity contribution < 1.29 is 28.7 Å². The Kier molecular flexibility index (Phi) is 8.25. The van der Waals surface area contributed by atoms with Gasteiger partial charge in [-0.2, -0.15) is 0 Å². The molecule has 0 amide bonds. The number of rotatable bonds is 9. The zero-order valence-corrected chi connectivity index (χ0v) is 15.0. The van der Waals surface area contributed by atoms with E-state index in [0.29, 0.717) is 4.47 Å². The van der Waals surface area contributed by atoms with Crippen LogP contribution in [0.25, 0.3) is 0 Å². The Balaban J connectivity index is 2.90. The van der Waals surface area contributed by atoms with Crippen molar-refractivity contribution >= 4 is 39.4 Å². The van der Waals surface area contributed by atoms with Crippen LogP contribution in [-0.2, 0) is 23.9 Å². The minimum atomic E-state index is -1.11. The summed E-state index contributed by atoms with van der Waals surface area (Å²) in [5, 5.41) is 0. The fourth-order valence-corrected chi connectivity index (χ4v) is 2.32. The molecule has 0 spiro atoms. The molecular weight excluding hydrogens is 382 g/mol. The van der Waals surface area contributed by atoms with Crippen LogP contribution in [0.2, 0.25) is 0 Å². The fourth-order valence-electron chi connectivity index (χ4n) is 1.95. The quantitative estimate of drug-likeness (QED) is 0.356. The summed E-state index contributed by atoms with van der Waals surface area (Å²) < 4.78 is 10.1. The Labute approximate surface area is 147 Å². The SMILES string of the molecule is CCOC(=O)CCC(C(=O)COC(C)=O)C(=O)c1cncc(Br)c1. The second kappa shape index (κ2) is 9.92. The number of ether oxygens (including phenoxy) is 2. The first kappa shape index (κ1) is 20.0. The number of carbonyl (C=O) groups excluding carboxylic acids is 4. The van der Waals surface area contributed by atoms with E-state index in [4.69, 9.17) is 4.74 Å². The Morgan fingerprint density at radius 2 is 1.92 bits per heavy atom. The first-order valence-electron chi connectivity index (χ1n) is 7.31. The summed E-state index contributed by atoms with van der Waals surface area (Å²) in [5.74, 6) is -3.28. The lowest BCUT2D eigenvalue weighted by atomic mass is 9.90. The van der Waals surface area contributed by atoms with Crippen molar-refractivity contribution in [2.45, 2.75) is 26.7 Å². The number of carbonyl (C=O) groups is 4. The molecule has 24 heavy (non-hydrogen) atoms. The van der Waals surface area contributed by atoms with Gasteiger partial charge in [0.2, 0.25) is 0 Å². The molecule has 0 saturated heterocycles. The summed E-state index contributed by atoms with van der Waals surface area (Å²) in [6.45, 7) is 2.53.